The van der Waals surface area contributed by atoms with E-state index in [1.807, 2.05) is 0 Å². The van der Waals surface area contributed by atoms with Crippen molar-refractivity contribution in [1.29, 1.82) is 0 Å². The van der Waals surface area contributed by atoms with Crippen LogP contribution in [0.1, 0.15) is 37.8 Å². The predicted octanol–water partition coefficient (Wildman–Crippen LogP) is 2.60. The van der Waals surface area contributed by atoms with Crippen LogP contribution in [0.25, 0.3) is 0 Å². The van der Waals surface area contributed by atoms with Gasteiger partial charge in [0.15, 0.2) is 0 Å². The third-order valence-electron chi connectivity index (χ3n) is 3.39. The maximum atomic E-state index is 6.48. The highest BCUT2D eigenvalue weighted by Gasteiger charge is 2.34. The molecular formula is C14H21NO. The molecule has 0 bridgehead atoms. The summed E-state index contributed by atoms with van der Waals surface area (Å²) in [6, 6.07) is 8.52. The number of ether oxygens (including phenoxy) is 1. The van der Waals surface area contributed by atoms with E-state index in [9.17, 15) is 0 Å². The first kappa shape index (κ1) is 11.6. The highest BCUT2D eigenvalue weighted by atomic mass is 16.5. The fraction of sp³-hybridized carbons (Fsp3) is 0.571. The molecule has 2 rings (SSSR count). The van der Waals surface area contributed by atoms with Crippen molar-refractivity contribution >= 4 is 0 Å². The van der Waals surface area contributed by atoms with E-state index in [-0.39, 0.29) is 5.54 Å². The van der Waals surface area contributed by atoms with Crippen LogP contribution in [0.4, 0.5) is 0 Å². The Hall–Kier alpha value is -0.860. The van der Waals surface area contributed by atoms with Crippen LogP contribution in [0.15, 0.2) is 24.3 Å². The molecule has 2 heteroatoms. The number of fused-ring (bicyclic) bond motifs is 1. The average Bonchev–Trinajstić information content (AvgIpc) is 2.57. The Bertz CT molecular complexity index is 362. The summed E-state index contributed by atoms with van der Waals surface area (Å²) in [5, 5.41) is 0. The quantitative estimate of drug-likeness (QED) is 0.844. The Morgan fingerprint density at radius 1 is 1.38 bits per heavy atom. The molecule has 0 aliphatic heterocycles. The van der Waals surface area contributed by atoms with Crippen molar-refractivity contribution in [2.75, 3.05) is 6.61 Å². The summed E-state index contributed by atoms with van der Waals surface area (Å²) in [5.41, 5.74) is 9.05. The van der Waals surface area contributed by atoms with Crippen molar-refractivity contribution in [2.24, 2.45) is 5.73 Å². The molecule has 1 aromatic rings. The van der Waals surface area contributed by atoms with Gasteiger partial charge in [0.2, 0.25) is 0 Å². The number of hydrogen-bond donors (Lipinski definition) is 1. The van der Waals surface area contributed by atoms with Crippen LogP contribution in [0.2, 0.25) is 0 Å². The SMILES string of the molecule is CC(C)OCCC1(N)CCc2ccccc21. The first-order valence-corrected chi connectivity index (χ1v) is 6.11. The zero-order valence-electron chi connectivity index (χ0n) is 10.2. The second kappa shape index (κ2) is 4.56. The molecule has 0 saturated heterocycles. The summed E-state index contributed by atoms with van der Waals surface area (Å²) in [7, 11) is 0. The maximum absolute atomic E-state index is 6.48. The molecule has 16 heavy (non-hydrogen) atoms. The average molecular weight is 219 g/mol. The summed E-state index contributed by atoms with van der Waals surface area (Å²) in [5.74, 6) is 0. The normalized spacial score (nSPS) is 23.8. The van der Waals surface area contributed by atoms with Gasteiger partial charge in [-0.05, 0) is 44.2 Å². The van der Waals surface area contributed by atoms with E-state index < -0.39 is 0 Å². The van der Waals surface area contributed by atoms with Gasteiger partial charge in [0.25, 0.3) is 0 Å². The van der Waals surface area contributed by atoms with Gasteiger partial charge in [-0.25, -0.2) is 0 Å². The molecule has 1 atom stereocenters. The third-order valence-corrected chi connectivity index (χ3v) is 3.39. The predicted molar refractivity (Wildman–Crippen MR) is 66.3 cm³/mol. The molecule has 0 aromatic heterocycles. The van der Waals surface area contributed by atoms with Crippen molar-refractivity contribution in [3.63, 3.8) is 0 Å². The topological polar surface area (TPSA) is 35.2 Å². The lowest BCUT2D eigenvalue weighted by molar-refractivity contribution is 0.0643. The lowest BCUT2D eigenvalue weighted by Crippen LogP contribution is -2.35. The Morgan fingerprint density at radius 3 is 2.88 bits per heavy atom. The van der Waals surface area contributed by atoms with Crippen LogP contribution in [-0.2, 0) is 16.7 Å². The van der Waals surface area contributed by atoms with E-state index in [0.717, 1.165) is 25.9 Å². The molecule has 0 fully saturated rings. The summed E-state index contributed by atoms with van der Waals surface area (Å²) < 4.78 is 5.60. The molecule has 88 valence electrons. The largest absolute Gasteiger partial charge is 0.379 e. The smallest absolute Gasteiger partial charge is 0.0518 e. The molecule has 0 spiro atoms. The molecule has 0 amide bonds. The van der Waals surface area contributed by atoms with Gasteiger partial charge in [-0.15, -0.1) is 0 Å². The minimum absolute atomic E-state index is 0.161. The van der Waals surface area contributed by atoms with Crippen LogP contribution in [0.3, 0.4) is 0 Å². The van der Waals surface area contributed by atoms with E-state index in [4.69, 9.17) is 10.5 Å². The van der Waals surface area contributed by atoms with Crippen molar-refractivity contribution in [2.45, 2.75) is 44.8 Å². The molecule has 2 N–H and O–H groups in total. The van der Waals surface area contributed by atoms with E-state index in [1.54, 1.807) is 0 Å². The summed E-state index contributed by atoms with van der Waals surface area (Å²) in [4.78, 5) is 0. The van der Waals surface area contributed by atoms with E-state index in [1.165, 1.54) is 11.1 Å². The fourth-order valence-corrected chi connectivity index (χ4v) is 2.45. The van der Waals surface area contributed by atoms with E-state index in [0.29, 0.717) is 6.10 Å². The van der Waals surface area contributed by atoms with Gasteiger partial charge in [-0.1, -0.05) is 24.3 Å². The van der Waals surface area contributed by atoms with Crippen LogP contribution in [0, 0.1) is 0 Å². The van der Waals surface area contributed by atoms with Gasteiger partial charge in [0, 0.05) is 12.1 Å². The lowest BCUT2D eigenvalue weighted by atomic mass is 9.90. The van der Waals surface area contributed by atoms with Gasteiger partial charge < -0.3 is 10.5 Å². The lowest BCUT2D eigenvalue weighted by Gasteiger charge is -2.25. The van der Waals surface area contributed by atoms with E-state index in [2.05, 4.69) is 38.1 Å². The van der Waals surface area contributed by atoms with Crippen molar-refractivity contribution in [1.82, 2.24) is 0 Å². The minimum atomic E-state index is -0.161. The molecule has 2 nitrogen and oxygen atoms in total. The molecule has 1 aliphatic carbocycles. The highest BCUT2D eigenvalue weighted by molar-refractivity contribution is 5.38. The van der Waals surface area contributed by atoms with E-state index >= 15 is 0 Å². The molecular weight excluding hydrogens is 198 g/mol. The fourth-order valence-electron chi connectivity index (χ4n) is 2.45. The zero-order chi connectivity index (χ0) is 11.6. The van der Waals surface area contributed by atoms with Crippen molar-refractivity contribution in [3.8, 4) is 0 Å². The Kier molecular flexibility index (Phi) is 3.31. The van der Waals surface area contributed by atoms with Gasteiger partial charge in [0.05, 0.1) is 6.10 Å². The number of hydrogen-bond acceptors (Lipinski definition) is 2. The molecule has 1 aliphatic rings. The van der Waals surface area contributed by atoms with Gasteiger partial charge in [-0.3, -0.25) is 0 Å². The van der Waals surface area contributed by atoms with Crippen LogP contribution < -0.4 is 5.73 Å². The monoisotopic (exact) mass is 219 g/mol. The second-order valence-corrected chi connectivity index (χ2v) is 4.98. The molecule has 0 saturated carbocycles. The number of nitrogens with two attached hydrogens (primary N) is 1. The Balaban J connectivity index is 2.04. The van der Waals surface area contributed by atoms with Crippen molar-refractivity contribution in [3.05, 3.63) is 35.4 Å². The van der Waals surface area contributed by atoms with Crippen LogP contribution in [-0.4, -0.2) is 12.7 Å². The van der Waals surface area contributed by atoms with Crippen LogP contribution in [0.5, 0.6) is 0 Å². The molecule has 0 radical (unpaired) electrons. The Labute approximate surface area is 97.8 Å². The van der Waals surface area contributed by atoms with Gasteiger partial charge in [-0.2, -0.15) is 0 Å². The molecule has 0 heterocycles. The summed E-state index contributed by atoms with van der Waals surface area (Å²) in [6.45, 7) is 4.88. The van der Waals surface area contributed by atoms with Gasteiger partial charge >= 0.3 is 0 Å². The summed E-state index contributed by atoms with van der Waals surface area (Å²) >= 11 is 0. The molecule has 1 unspecified atom stereocenters. The number of benzene rings is 1. The standard InChI is InChI=1S/C14H21NO/c1-11(2)16-10-9-14(15)8-7-12-5-3-4-6-13(12)14/h3-6,11H,7-10,15H2,1-2H3. The van der Waals surface area contributed by atoms with Gasteiger partial charge in [0.1, 0.15) is 0 Å². The number of aryl methyl sites for hydroxylation is 1. The molecule has 1 aromatic carbocycles. The van der Waals surface area contributed by atoms with Crippen LogP contribution >= 0.6 is 0 Å². The zero-order valence-corrected chi connectivity index (χ0v) is 10.2. The highest BCUT2D eigenvalue weighted by Crippen LogP contribution is 2.37. The second-order valence-electron chi connectivity index (χ2n) is 4.98. The summed E-state index contributed by atoms with van der Waals surface area (Å²) in [6.07, 6.45) is 3.37. The first-order valence-electron chi connectivity index (χ1n) is 6.11. The Morgan fingerprint density at radius 2 is 2.12 bits per heavy atom. The van der Waals surface area contributed by atoms with Crippen molar-refractivity contribution < 1.29 is 4.74 Å². The number of rotatable bonds is 4. The minimum Gasteiger partial charge on any atom is -0.379 e. The first-order chi connectivity index (χ1) is 7.62. The third kappa shape index (κ3) is 2.28. The maximum Gasteiger partial charge on any atom is 0.0518 e.